The van der Waals surface area contributed by atoms with Gasteiger partial charge in [-0.3, -0.25) is 0 Å². The first kappa shape index (κ1) is 12.6. The zero-order valence-electron chi connectivity index (χ0n) is 11.7. The van der Waals surface area contributed by atoms with Crippen molar-refractivity contribution in [3.8, 4) is 0 Å². The summed E-state index contributed by atoms with van der Waals surface area (Å²) >= 11 is 5.51. The van der Waals surface area contributed by atoms with Crippen molar-refractivity contribution in [3.63, 3.8) is 0 Å². The Balaban J connectivity index is 1.40. The third-order valence-electron chi connectivity index (χ3n) is 5.56. The monoisotopic (exact) mass is 286 g/mol. The first-order valence-electron chi connectivity index (χ1n) is 7.90. The Labute approximate surface area is 126 Å². The van der Waals surface area contributed by atoms with E-state index in [1.165, 1.54) is 32.1 Å². The van der Waals surface area contributed by atoms with Crippen molar-refractivity contribution in [1.82, 2.24) is 5.32 Å². The SMILES string of the molecule is S=C(Nc1ccccc1)NC1C2CC3CC(C2)CC1C3. The normalized spacial score (nSPS) is 37.7. The Hall–Kier alpha value is -1.09. The van der Waals surface area contributed by atoms with Crippen molar-refractivity contribution < 1.29 is 0 Å². The summed E-state index contributed by atoms with van der Waals surface area (Å²) in [5, 5.41) is 7.75. The van der Waals surface area contributed by atoms with E-state index in [-0.39, 0.29) is 0 Å². The number of benzene rings is 1. The summed E-state index contributed by atoms with van der Waals surface area (Å²) in [5.41, 5.74) is 1.08. The zero-order valence-corrected chi connectivity index (χ0v) is 12.5. The molecule has 0 spiro atoms. The molecule has 20 heavy (non-hydrogen) atoms. The van der Waals surface area contributed by atoms with Crippen LogP contribution in [0.15, 0.2) is 30.3 Å². The molecular weight excluding hydrogens is 264 g/mol. The highest BCUT2D eigenvalue weighted by molar-refractivity contribution is 7.80. The molecule has 4 aliphatic carbocycles. The van der Waals surface area contributed by atoms with E-state index in [1.807, 2.05) is 18.2 Å². The summed E-state index contributed by atoms with van der Waals surface area (Å²) in [7, 11) is 0. The van der Waals surface area contributed by atoms with Crippen LogP contribution in [0, 0.1) is 23.7 Å². The maximum atomic E-state index is 5.51. The summed E-state index contributed by atoms with van der Waals surface area (Å²) in [5.74, 6) is 3.76. The van der Waals surface area contributed by atoms with Gasteiger partial charge in [0.05, 0.1) is 0 Å². The second kappa shape index (κ2) is 5.03. The zero-order chi connectivity index (χ0) is 13.5. The summed E-state index contributed by atoms with van der Waals surface area (Å²) in [6.45, 7) is 0. The molecule has 1 aromatic carbocycles. The van der Waals surface area contributed by atoms with Crippen molar-refractivity contribution in [2.45, 2.75) is 38.1 Å². The van der Waals surface area contributed by atoms with Crippen LogP contribution in [0.4, 0.5) is 5.69 Å². The molecular formula is C17H22N2S. The van der Waals surface area contributed by atoms with Gasteiger partial charge < -0.3 is 10.6 Å². The van der Waals surface area contributed by atoms with Gasteiger partial charge in [0.25, 0.3) is 0 Å². The molecule has 0 aromatic heterocycles. The Morgan fingerprint density at radius 1 is 0.900 bits per heavy atom. The number of anilines is 1. The van der Waals surface area contributed by atoms with E-state index < -0.39 is 0 Å². The summed E-state index contributed by atoms with van der Waals surface area (Å²) in [4.78, 5) is 0. The van der Waals surface area contributed by atoms with Gasteiger partial charge in [0.2, 0.25) is 0 Å². The number of hydrogen-bond acceptors (Lipinski definition) is 1. The molecule has 0 unspecified atom stereocenters. The van der Waals surface area contributed by atoms with Crippen LogP contribution in [0.3, 0.4) is 0 Å². The maximum absolute atomic E-state index is 5.51. The topological polar surface area (TPSA) is 24.1 Å². The average Bonchev–Trinajstić information content (AvgIpc) is 2.43. The Morgan fingerprint density at radius 2 is 1.50 bits per heavy atom. The molecule has 4 bridgehead atoms. The van der Waals surface area contributed by atoms with Crippen molar-refractivity contribution in [1.29, 1.82) is 0 Å². The lowest BCUT2D eigenvalue weighted by Crippen LogP contribution is -2.56. The Morgan fingerprint density at radius 3 is 2.10 bits per heavy atom. The Bertz CT molecular complexity index is 471. The smallest absolute Gasteiger partial charge is 0.171 e. The highest BCUT2D eigenvalue weighted by Gasteiger charge is 2.48. The van der Waals surface area contributed by atoms with Gasteiger partial charge in [-0.2, -0.15) is 0 Å². The molecule has 4 fully saturated rings. The van der Waals surface area contributed by atoms with Gasteiger partial charge in [0, 0.05) is 11.7 Å². The molecule has 0 saturated heterocycles. The van der Waals surface area contributed by atoms with Crippen molar-refractivity contribution in [3.05, 3.63) is 30.3 Å². The number of para-hydroxylation sites is 1. The average molecular weight is 286 g/mol. The molecule has 0 radical (unpaired) electrons. The number of hydrogen-bond donors (Lipinski definition) is 2. The minimum Gasteiger partial charge on any atom is -0.359 e. The molecule has 5 rings (SSSR count). The second-order valence-corrected chi connectivity index (χ2v) is 7.33. The first-order chi connectivity index (χ1) is 9.78. The molecule has 4 saturated carbocycles. The number of thiocarbonyl (C=S) groups is 1. The van der Waals surface area contributed by atoms with E-state index in [9.17, 15) is 0 Å². The molecule has 0 aliphatic heterocycles. The number of rotatable bonds is 2. The third-order valence-corrected chi connectivity index (χ3v) is 5.78. The standard InChI is InChI=1S/C17H22N2S/c20-17(18-15-4-2-1-3-5-15)19-16-13-7-11-6-12(9-13)10-14(16)8-11/h1-5,11-14,16H,6-10H2,(H2,18,19,20). The van der Waals surface area contributed by atoms with E-state index in [1.54, 1.807) is 0 Å². The van der Waals surface area contributed by atoms with Gasteiger partial charge >= 0.3 is 0 Å². The fraction of sp³-hybridized carbons (Fsp3) is 0.588. The van der Waals surface area contributed by atoms with Crippen LogP contribution in [-0.4, -0.2) is 11.2 Å². The van der Waals surface area contributed by atoms with Crippen LogP contribution in [-0.2, 0) is 0 Å². The van der Waals surface area contributed by atoms with E-state index in [2.05, 4.69) is 22.8 Å². The van der Waals surface area contributed by atoms with Gasteiger partial charge in [0.15, 0.2) is 5.11 Å². The first-order valence-corrected chi connectivity index (χ1v) is 8.31. The molecule has 106 valence electrons. The fourth-order valence-corrected chi connectivity index (χ4v) is 5.25. The lowest BCUT2D eigenvalue weighted by Gasteiger charge is -2.54. The summed E-state index contributed by atoms with van der Waals surface area (Å²) in [6.07, 6.45) is 7.22. The minimum absolute atomic E-state index is 0.617. The van der Waals surface area contributed by atoms with Gasteiger partial charge in [-0.25, -0.2) is 0 Å². The van der Waals surface area contributed by atoms with E-state index in [0.29, 0.717) is 6.04 Å². The Kier molecular flexibility index (Phi) is 3.18. The lowest BCUT2D eigenvalue weighted by molar-refractivity contribution is -0.00665. The van der Waals surface area contributed by atoms with Gasteiger partial charge in [0.1, 0.15) is 0 Å². The highest BCUT2D eigenvalue weighted by atomic mass is 32.1. The van der Waals surface area contributed by atoms with E-state index >= 15 is 0 Å². The van der Waals surface area contributed by atoms with Crippen LogP contribution in [0.2, 0.25) is 0 Å². The van der Waals surface area contributed by atoms with Gasteiger partial charge in [-0.1, -0.05) is 18.2 Å². The largest absolute Gasteiger partial charge is 0.359 e. The number of nitrogens with one attached hydrogen (secondary N) is 2. The minimum atomic E-state index is 0.617. The fourth-order valence-electron chi connectivity index (χ4n) is 5.00. The maximum Gasteiger partial charge on any atom is 0.171 e. The molecule has 0 atom stereocenters. The lowest BCUT2D eigenvalue weighted by atomic mass is 9.54. The predicted molar refractivity (Wildman–Crippen MR) is 86.6 cm³/mol. The molecule has 0 heterocycles. The highest BCUT2D eigenvalue weighted by Crippen LogP contribution is 2.53. The summed E-state index contributed by atoms with van der Waals surface area (Å²) in [6, 6.07) is 10.8. The molecule has 4 aliphatic rings. The van der Waals surface area contributed by atoms with Crippen LogP contribution in [0.1, 0.15) is 32.1 Å². The predicted octanol–water partition coefficient (Wildman–Crippen LogP) is 3.80. The second-order valence-electron chi connectivity index (χ2n) is 6.92. The third kappa shape index (κ3) is 2.32. The molecule has 2 nitrogen and oxygen atoms in total. The quantitative estimate of drug-likeness (QED) is 0.809. The van der Waals surface area contributed by atoms with E-state index in [4.69, 9.17) is 12.2 Å². The van der Waals surface area contributed by atoms with Crippen LogP contribution in [0.25, 0.3) is 0 Å². The molecule has 2 N–H and O–H groups in total. The van der Waals surface area contributed by atoms with Crippen molar-refractivity contribution in [2.24, 2.45) is 23.7 Å². The molecule has 0 amide bonds. The molecule has 3 heteroatoms. The van der Waals surface area contributed by atoms with Crippen LogP contribution >= 0.6 is 12.2 Å². The van der Waals surface area contributed by atoms with Crippen LogP contribution < -0.4 is 10.6 Å². The van der Waals surface area contributed by atoms with Crippen LogP contribution in [0.5, 0.6) is 0 Å². The molecule has 1 aromatic rings. The van der Waals surface area contributed by atoms with Crippen molar-refractivity contribution >= 4 is 23.0 Å². The van der Waals surface area contributed by atoms with E-state index in [0.717, 1.165) is 34.5 Å². The summed E-state index contributed by atoms with van der Waals surface area (Å²) < 4.78 is 0. The van der Waals surface area contributed by atoms with Gasteiger partial charge in [-0.15, -0.1) is 0 Å². The van der Waals surface area contributed by atoms with Crippen molar-refractivity contribution in [2.75, 3.05) is 5.32 Å². The van der Waals surface area contributed by atoms with Gasteiger partial charge in [-0.05, 0) is 80.1 Å².